The molecule has 0 aromatic heterocycles. The Balaban J connectivity index is 1.48. The minimum Gasteiger partial charge on any atom is -0.497 e. The predicted octanol–water partition coefficient (Wildman–Crippen LogP) is 1.43. The van der Waals surface area contributed by atoms with E-state index in [1.165, 1.54) is 4.90 Å². The lowest BCUT2D eigenvalue weighted by molar-refractivity contribution is -0.897. The summed E-state index contributed by atoms with van der Waals surface area (Å²) in [7, 11) is 3.15. The first kappa shape index (κ1) is 21.6. The Kier molecular flexibility index (Phi) is 7.30. The molecule has 1 saturated heterocycles. The van der Waals surface area contributed by atoms with E-state index in [1.54, 1.807) is 32.4 Å². The molecule has 160 valence electrons. The summed E-state index contributed by atoms with van der Waals surface area (Å²) in [6.07, 6.45) is 1.70. The number of methoxy groups -OCH3 is 2. The van der Waals surface area contributed by atoms with E-state index in [2.05, 4.69) is 10.6 Å². The molecule has 2 amide bonds. The maximum absolute atomic E-state index is 12.5. The molecule has 0 saturated carbocycles. The summed E-state index contributed by atoms with van der Waals surface area (Å²) in [5.74, 6) is 1.16. The number of aryl methyl sites for hydroxylation is 1. The minimum absolute atomic E-state index is 0.0237. The van der Waals surface area contributed by atoms with E-state index in [-0.39, 0.29) is 17.9 Å². The van der Waals surface area contributed by atoms with Crippen molar-refractivity contribution < 1.29 is 24.0 Å². The van der Waals surface area contributed by atoms with E-state index < -0.39 is 0 Å². The molecule has 1 fully saturated rings. The van der Waals surface area contributed by atoms with Crippen LogP contribution in [0.1, 0.15) is 28.8 Å². The third-order valence-corrected chi connectivity index (χ3v) is 5.51. The van der Waals surface area contributed by atoms with Crippen molar-refractivity contribution in [2.45, 2.75) is 25.8 Å². The normalized spacial score (nSPS) is 18.4. The lowest BCUT2D eigenvalue weighted by Crippen LogP contribution is -3.14. The van der Waals surface area contributed by atoms with Crippen LogP contribution in [0.4, 0.5) is 5.69 Å². The van der Waals surface area contributed by atoms with Crippen molar-refractivity contribution in [1.29, 1.82) is 0 Å². The molecule has 30 heavy (non-hydrogen) atoms. The number of piperidine rings is 1. The van der Waals surface area contributed by atoms with Gasteiger partial charge in [-0.3, -0.25) is 9.59 Å². The van der Waals surface area contributed by atoms with Gasteiger partial charge < -0.3 is 25.0 Å². The molecule has 0 spiro atoms. The second-order valence-corrected chi connectivity index (χ2v) is 7.60. The maximum Gasteiger partial charge on any atom is 0.279 e. The van der Waals surface area contributed by atoms with Gasteiger partial charge >= 0.3 is 0 Å². The van der Waals surface area contributed by atoms with E-state index in [4.69, 9.17) is 9.47 Å². The predicted molar refractivity (Wildman–Crippen MR) is 115 cm³/mol. The number of hydrogen-bond acceptors (Lipinski definition) is 4. The van der Waals surface area contributed by atoms with Crippen molar-refractivity contribution in [3.8, 4) is 11.5 Å². The first-order valence-corrected chi connectivity index (χ1v) is 10.2. The number of benzene rings is 2. The minimum atomic E-state index is -0.0704. The number of quaternary nitrogens is 1. The zero-order valence-electron chi connectivity index (χ0n) is 17.8. The third kappa shape index (κ3) is 5.51. The van der Waals surface area contributed by atoms with E-state index in [0.29, 0.717) is 23.7 Å². The molecule has 7 nitrogen and oxygen atoms in total. The standard InChI is InChI=1S/C23H29N3O4/c1-16-6-4-5-7-19(16)23(28)24-17-10-12-26(13-11-17)15-22(27)25-20-14-18(29-2)8-9-21(20)30-3/h4-9,14,17H,10-13,15H2,1-3H3,(H,24,28)(H,25,27)/p+1. The highest BCUT2D eigenvalue weighted by atomic mass is 16.5. The Labute approximate surface area is 177 Å². The van der Waals surface area contributed by atoms with Crippen LogP contribution in [-0.2, 0) is 4.79 Å². The van der Waals surface area contributed by atoms with Crippen molar-refractivity contribution in [2.75, 3.05) is 39.2 Å². The molecular formula is C23H30N3O4+. The van der Waals surface area contributed by atoms with Crippen LogP contribution in [0, 0.1) is 6.92 Å². The number of nitrogens with one attached hydrogen (secondary N) is 3. The van der Waals surface area contributed by atoms with Crippen molar-refractivity contribution in [1.82, 2.24) is 5.32 Å². The van der Waals surface area contributed by atoms with Gasteiger partial charge in [0.2, 0.25) is 0 Å². The SMILES string of the molecule is COc1ccc(OC)c(NC(=O)C[NH+]2CCC(NC(=O)c3ccccc3C)CC2)c1. The lowest BCUT2D eigenvalue weighted by Gasteiger charge is -2.29. The second-order valence-electron chi connectivity index (χ2n) is 7.60. The summed E-state index contributed by atoms with van der Waals surface area (Å²) >= 11 is 0. The number of rotatable bonds is 7. The van der Waals surface area contributed by atoms with E-state index >= 15 is 0 Å². The average Bonchev–Trinajstić information content (AvgIpc) is 2.75. The quantitative estimate of drug-likeness (QED) is 0.643. The lowest BCUT2D eigenvalue weighted by atomic mass is 10.0. The number of anilines is 1. The fraction of sp³-hybridized carbons (Fsp3) is 0.391. The highest BCUT2D eigenvalue weighted by molar-refractivity contribution is 5.95. The maximum atomic E-state index is 12.5. The van der Waals surface area contributed by atoms with Gasteiger partial charge in [0, 0.05) is 30.5 Å². The summed E-state index contributed by atoms with van der Waals surface area (Å²) in [6.45, 7) is 3.99. The Morgan fingerprint density at radius 2 is 1.80 bits per heavy atom. The molecule has 0 radical (unpaired) electrons. The average molecular weight is 413 g/mol. The topological polar surface area (TPSA) is 81.1 Å². The van der Waals surface area contributed by atoms with Crippen LogP contribution in [-0.4, -0.2) is 51.7 Å². The van der Waals surface area contributed by atoms with Gasteiger partial charge in [0.25, 0.3) is 11.8 Å². The van der Waals surface area contributed by atoms with Crippen LogP contribution in [0.25, 0.3) is 0 Å². The van der Waals surface area contributed by atoms with Crippen LogP contribution >= 0.6 is 0 Å². The fourth-order valence-electron chi connectivity index (χ4n) is 3.77. The fourth-order valence-corrected chi connectivity index (χ4v) is 3.77. The van der Waals surface area contributed by atoms with E-state index in [9.17, 15) is 9.59 Å². The molecule has 0 atom stereocenters. The molecule has 0 unspecified atom stereocenters. The van der Waals surface area contributed by atoms with E-state index in [1.807, 2.05) is 31.2 Å². The molecule has 3 rings (SSSR count). The molecule has 1 heterocycles. The van der Waals surface area contributed by atoms with E-state index in [0.717, 1.165) is 37.1 Å². The van der Waals surface area contributed by atoms with Gasteiger partial charge in [-0.2, -0.15) is 0 Å². The second kappa shape index (κ2) is 10.1. The number of likely N-dealkylation sites (tertiary alicyclic amines) is 1. The van der Waals surface area contributed by atoms with Crippen molar-refractivity contribution in [3.63, 3.8) is 0 Å². The van der Waals surface area contributed by atoms with Gasteiger partial charge in [0.05, 0.1) is 33.0 Å². The summed E-state index contributed by atoms with van der Waals surface area (Å²) in [5, 5.41) is 6.05. The van der Waals surface area contributed by atoms with Gasteiger partial charge in [-0.25, -0.2) is 0 Å². The molecule has 0 aliphatic carbocycles. The van der Waals surface area contributed by atoms with Crippen LogP contribution in [0.2, 0.25) is 0 Å². The number of ether oxygens (including phenoxy) is 2. The van der Waals surface area contributed by atoms with Gasteiger partial charge in [0.15, 0.2) is 6.54 Å². The largest absolute Gasteiger partial charge is 0.497 e. The molecule has 0 bridgehead atoms. The van der Waals surface area contributed by atoms with Crippen molar-refractivity contribution in [3.05, 3.63) is 53.6 Å². The first-order valence-electron chi connectivity index (χ1n) is 10.2. The third-order valence-electron chi connectivity index (χ3n) is 5.51. The van der Waals surface area contributed by atoms with Crippen LogP contribution in [0.5, 0.6) is 11.5 Å². The first-order chi connectivity index (χ1) is 14.5. The summed E-state index contributed by atoms with van der Waals surface area (Å²) in [5.41, 5.74) is 2.29. The molecule has 1 aliphatic rings. The van der Waals surface area contributed by atoms with Gasteiger partial charge in [-0.05, 0) is 30.7 Å². The number of amides is 2. The van der Waals surface area contributed by atoms with Gasteiger partial charge in [-0.1, -0.05) is 18.2 Å². The molecule has 2 aromatic rings. The van der Waals surface area contributed by atoms with Gasteiger partial charge in [-0.15, -0.1) is 0 Å². The number of carbonyl (C=O) groups is 2. The summed E-state index contributed by atoms with van der Waals surface area (Å²) < 4.78 is 10.5. The Morgan fingerprint density at radius 3 is 2.47 bits per heavy atom. The molecule has 3 N–H and O–H groups in total. The molecular weight excluding hydrogens is 382 g/mol. The monoisotopic (exact) mass is 412 g/mol. The van der Waals surface area contributed by atoms with Gasteiger partial charge in [0.1, 0.15) is 11.5 Å². The smallest absolute Gasteiger partial charge is 0.279 e. The number of carbonyl (C=O) groups excluding carboxylic acids is 2. The molecule has 2 aromatic carbocycles. The van der Waals surface area contributed by atoms with Crippen LogP contribution in [0.15, 0.2) is 42.5 Å². The molecule has 1 aliphatic heterocycles. The highest BCUT2D eigenvalue weighted by Crippen LogP contribution is 2.28. The molecule has 7 heteroatoms. The summed E-state index contributed by atoms with van der Waals surface area (Å²) in [4.78, 5) is 26.2. The van der Waals surface area contributed by atoms with Crippen molar-refractivity contribution in [2.24, 2.45) is 0 Å². The highest BCUT2D eigenvalue weighted by Gasteiger charge is 2.26. The zero-order valence-corrected chi connectivity index (χ0v) is 17.8. The Bertz CT molecular complexity index is 892. The number of hydrogen-bond donors (Lipinski definition) is 3. The zero-order chi connectivity index (χ0) is 21.5. The van der Waals surface area contributed by atoms with Crippen molar-refractivity contribution >= 4 is 17.5 Å². The Morgan fingerprint density at radius 1 is 1.07 bits per heavy atom. The van der Waals surface area contributed by atoms with Crippen LogP contribution in [0.3, 0.4) is 0 Å². The Hall–Kier alpha value is -3.06. The summed E-state index contributed by atoms with van der Waals surface area (Å²) in [6, 6.07) is 13.0. The van der Waals surface area contributed by atoms with Crippen LogP contribution < -0.4 is 25.0 Å².